The fourth-order valence-electron chi connectivity index (χ4n) is 3.24. The predicted octanol–water partition coefficient (Wildman–Crippen LogP) is 2.27. The smallest absolute Gasteiger partial charge is 0.422 e. The number of rotatable bonds is 4. The number of morpholine rings is 1. The van der Waals surface area contributed by atoms with Gasteiger partial charge in [-0.05, 0) is 25.0 Å². The van der Waals surface area contributed by atoms with Gasteiger partial charge in [-0.1, -0.05) is 0 Å². The highest BCUT2D eigenvalue weighted by molar-refractivity contribution is 5.92. The van der Waals surface area contributed by atoms with Gasteiger partial charge in [-0.3, -0.25) is 4.79 Å². The number of pyridine rings is 1. The van der Waals surface area contributed by atoms with Crippen LogP contribution in [0.4, 0.5) is 29.5 Å². The number of carbonyl (C=O) groups is 2. The Balaban J connectivity index is 1.44. The van der Waals surface area contributed by atoms with Gasteiger partial charge in [0.25, 0.3) is 0 Å². The normalized spacial score (nSPS) is 18.4. The first-order valence-corrected chi connectivity index (χ1v) is 9.40. The number of piperidine rings is 1. The third-order valence-corrected chi connectivity index (χ3v) is 4.83. The molecule has 2 saturated heterocycles. The van der Waals surface area contributed by atoms with Crippen molar-refractivity contribution in [2.75, 3.05) is 56.2 Å². The maximum absolute atomic E-state index is 12.4. The van der Waals surface area contributed by atoms with Crippen LogP contribution in [0.1, 0.15) is 12.8 Å². The molecule has 0 radical (unpaired) electrons. The van der Waals surface area contributed by atoms with E-state index in [9.17, 15) is 22.8 Å². The minimum absolute atomic E-state index is 0.170. The van der Waals surface area contributed by atoms with Crippen LogP contribution in [0.2, 0.25) is 0 Å². The maximum Gasteiger partial charge on any atom is 0.422 e. The summed E-state index contributed by atoms with van der Waals surface area (Å²) in [6.45, 7) is 1.57. The molecular formula is C18H23F3N4O4. The van der Waals surface area contributed by atoms with E-state index in [1.165, 1.54) is 4.90 Å². The molecule has 2 fully saturated rings. The number of nitrogens with one attached hydrogen (secondary N) is 1. The van der Waals surface area contributed by atoms with Gasteiger partial charge < -0.3 is 24.6 Å². The third kappa shape index (κ3) is 6.21. The van der Waals surface area contributed by atoms with E-state index in [0.717, 1.165) is 18.9 Å². The average Bonchev–Trinajstić information content (AvgIpc) is 2.73. The van der Waals surface area contributed by atoms with Gasteiger partial charge in [0.15, 0.2) is 6.61 Å². The molecule has 0 bridgehead atoms. The molecule has 1 aromatic rings. The Hall–Kier alpha value is -2.56. The minimum Gasteiger partial charge on any atom is -0.440 e. The molecule has 0 aliphatic carbocycles. The zero-order valence-corrected chi connectivity index (χ0v) is 15.8. The quantitative estimate of drug-likeness (QED) is 0.811. The second-order valence-corrected chi connectivity index (χ2v) is 6.92. The van der Waals surface area contributed by atoms with Crippen LogP contribution in [0.3, 0.4) is 0 Å². The van der Waals surface area contributed by atoms with E-state index in [1.54, 1.807) is 12.3 Å². The number of amides is 2. The molecule has 160 valence electrons. The number of nitrogens with zero attached hydrogens (tertiary/aromatic N) is 3. The third-order valence-electron chi connectivity index (χ3n) is 4.83. The Morgan fingerprint density at radius 1 is 1.17 bits per heavy atom. The first kappa shape index (κ1) is 21.2. The summed E-state index contributed by atoms with van der Waals surface area (Å²) < 4.78 is 45.9. The highest BCUT2D eigenvalue weighted by Crippen LogP contribution is 2.22. The van der Waals surface area contributed by atoms with Crippen LogP contribution in [-0.4, -0.2) is 74.1 Å². The monoisotopic (exact) mass is 416 g/mol. The van der Waals surface area contributed by atoms with Crippen LogP contribution in [0.15, 0.2) is 18.3 Å². The van der Waals surface area contributed by atoms with Gasteiger partial charge in [0.2, 0.25) is 5.91 Å². The van der Waals surface area contributed by atoms with Crippen LogP contribution in [0, 0.1) is 5.92 Å². The molecule has 1 N–H and O–H groups in total. The summed E-state index contributed by atoms with van der Waals surface area (Å²) in [5, 5.41) is 2.80. The largest absolute Gasteiger partial charge is 0.440 e. The molecule has 2 aliphatic heterocycles. The highest BCUT2D eigenvalue weighted by Gasteiger charge is 2.33. The van der Waals surface area contributed by atoms with Crippen molar-refractivity contribution in [1.29, 1.82) is 0 Å². The summed E-state index contributed by atoms with van der Waals surface area (Å²) in [7, 11) is 0. The highest BCUT2D eigenvalue weighted by atomic mass is 19.4. The fraction of sp³-hybridized carbons (Fsp3) is 0.611. The molecule has 3 heterocycles. The number of hydrogen-bond acceptors (Lipinski definition) is 6. The lowest BCUT2D eigenvalue weighted by Gasteiger charge is -2.30. The Morgan fingerprint density at radius 2 is 1.86 bits per heavy atom. The summed E-state index contributed by atoms with van der Waals surface area (Å²) in [6.07, 6.45) is -3.27. The molecule has 11 heteroatoms. The van der Waals surface area contributed by atoms with Crippen LogP contribution in [0.5, 0.6) is 0 Å². The number of ether oxygens (including phenoxy) is 2. The van der Waals surface area contributed by atoms with Gasteiger partial charge in [0, 0.05) is 32.1 Å². The maximum atomic E-state index is 12.4. The number of hydrogen-bond donors (Lipinski definition) is 1. The second kappa shape index (κ2) is 9.29. The molecule has 0 spiro atoms. The number of anilines is 2. The van der Waals surface area contributed by atoms with Gasteiger partial charge >= 0.3 is 12.3 Å². The summed E-state index contributed by atoms with van der Waals surface area (Å²) in [5.41, 5.74) is 0.569. The van der Waals surface area contributed by atoms with Gasteiger partial charge in [-0.25, -0.2) is 9.78 Å². The zero-order valence-electron chi connectivity index (χ0n) is 15.8. The number of carbonyl (C=O) groups excluding carboxylic acids is 2. The first-order valence-electron chi connectivity index (χ1n) is 9.40. The molecule has 1 aromatic heterocycles. The van der Waals surface area contributed by atoms with E-state index in [0.29, 0.717) is 31.7 Å². The molecule has 0 atom stereocenters. The van der Waals surface area contributed by atoms with E-state index in [1.807, 2.05) is 6.07 Å². The summed E-state index contributed by atoms with van der Waals surface area (Å²) >= 11 is 0. The molecule has 2 aliphatic rings. The van der Waals surface area contributed by atoms with Crippen LogP contribution >= 0.6 is 0 Å². The molecule has 0 unspecified atom stereocenters. The van der Waals surface area contributed by atoms with Crippen molar-refractivity contribution in [3.05, 3.63) is 18.3 Å². The second-order valence-electron chi connectivity index (χ2n) is 6.92. The molecule has 8 nitrogen and oxygen atoms in total. The average molecular weight is 416 g/mol. The van der Waals surface area contributed by atoms with Crippen molar-refractivity contribution >= 4 is 23.5 Å². The van der Waals surface area contributed by atoms with E-state index >= 15 is 0 Å². The Labute approximate surface area is 165 Å². The Kier molecular flexibility index (Phi) is 6.78. The van der Waals surface area contributed by atoms with Crippen molar-refractivity contribution in [1.82, 2.24) is 9.88 Å². The van der Waals surface area contributed by atoms with Gasteiger partial charge in [0.05, 0.1) is 25.1 Å². The van der Waals surface area contributed by atoms with E-state index in [2.05, 4.69) is 19.9 Å². The Morgan fingerprint density at radius 3 is 2.45 bits per heavy atom. The summed E-state index contributed by atoms with van der Waals surface area (Å²) in [5.74, 6) is 0.284. The van der Waals surface area contributed by atoms with Crippen LogP contribution < -0.4 is 10.2 Å². The van der Waals surface area contributed by atoms with Gasteiger partial charge in [-0.2, -0.15) is 13.2 Å². The fourth-order valence-corrected chi connectivity index (χ4v) is 3.24. The standard InChI is InChI=1S/C18H23F3N4O4/c19-18(20,21)12-29-17(27)25-5-3-13(4-6-25)16(26)23-14-1-2-15(22-11-14)24-7-9-28-10-8-24/h1-2,11,13H,3-10,12H2,(H,23,26). The van der Waals surface area contributed by atoms with Crippen molar-refractivity contribution < 1.29 is 32.2 Å². The topological polar surface area (TPSA) is 84.0 Å². The van der Waals surface area contributed by atoms with Crippen molar-refractivity contribution in [2.45, 2.75) is 19.0 Å². The zero-order chi connectivity index (χ0) is 20.9. The molecule has 29 heavy (non-hydrogen) atoms. The van der Waals surface area contributed by atoms with E-state index in [4.69, 9.17) is 4.74 Å². The molecular weight excluding hydrogens is 393 g/mol. The lowest BCUT2D eigenvalue weighted by molar-refractivity contribution is -0.162. The van der Waals surface area contributed by atoms with Crippen LogP contribution in [-0.2, 0) is 14.3 Å². The van der Waals surface area contributed by atoms with Crippen molar-refractivity contribution in [3.8, 4) is 0 Å². The predicted molar refractivity (Wildman–Crippen MR) is 97.6 cm³/mol. The number of halogens is 3. The lowest BCUT2D eigenvalue weighted by Crippen LogP contribution is -2.42. The number of aromatic nitrogens is 1. The number of alkyl halides is 3. The Bertz CT molecular complexity index is 700. The van der Waals surface area contributed by atoms with Crippen molar-refractivity contribution in [2.24, 2.45) is 5.92 Å². The molecule has 0 aromatic carbocycles. The lowest BCUT2D eigenvalue weighted by atomic mass is 9.96. The molecule has 0 saturated carbocycles. The van der Waals surface area contributed by atoms with E-state index in [-0.39, 0.29) is 24.9 Å². The first-order chi connectivity index (χ1) is 13.8. The van der Waals surface area contributed by atoms with Gasteiger partial charge in [-0.15, -0.1) is 0 Å². The van der Waals surface area contributed by atoms with Crippen LogP contribution in [0.25, 0.3) is 0 Å². The summed E-state index contributed by atoms with van der Waals surface area (Å²) in [4.78, 5) is 31.8. The molecule has 3 rings (SSSR count). The van der Waals surface area contributed by atoms with E-state index < -0.39 is 18.9 Å². The molecule has 2 amide bonds. The number of likely N-dealkylation sites (tertiary alicyclic amines) is 1. The minimum atomic E-state index is -4.56. The SMILES string of the molecule is O=C(Nc1ccc(N2CCOCC2)nc1)C1CCN(C(=O)OCC(F)(F)F)CC1. The van der Waals surface area contributed by atoms with Crippen molar-refractivity contribution in [3.63, 3.8) is 0 Å². The summed E-state index contributed by atoms with van der Waals surface area (Å²) in [6, 6.07) is 3.61. The van der Waals surface area contributed by atoms with Gasteiger partial charge in [0.1, 0.15) is 5.82 Å².